The highest BCUT2D eigenvalue weighted by Gasteiger charge is 2.09. The average Bonchev–Trinajstić information content (AvgIpc) is 2.93. The van der Waals surface area contributed by atoms with E-state index in [0.717, 1.165) is 44.8 Å². The number of aromatic amines is 1. The van der Waals surface area contributed by atoms with Crippen molar-refractivity contribution >= 4 is 40.0 Å². The van der Waals surface area contributed by atoms with Crippen molar-refractivity contribution in [2.75, 3.05) is 5.32 Å². The lowest BCUT2D eigenvalue weighted by atomic mass is 10.2. The minimum absolute atomic E-state index is 0.608. The van der Waals surface area contributed by atoms with E-state index in [2.05, 4.69) is 36.7 Å². The minimum Gasteiger partial charge on any atom is -0.364 e. The molecule has 4 aromatic rings. The van der Waals surface area contributed by atoms with Gasteiger partial charge in [0, 0.05) is 18.1 Å². The summed E-state index contributed by atoms with van der Waals surface area (Å²) in [5.41, 5.74) is 3.90. The highest BCUT2D eigenvalue weighted by Crippen LogP contribution is 2.25. The van der Waals surface area contributed by atoms with E-state index in [1.807, 2.05) is 30.3 Å². The van der Waals surface area contributed by atoms with Crippen LogP contribution in [0.4, 0.5) is 5.82 Å². The van der Waals surface area contributed by atoms with E-state index in [9.17, 15) is 0 Å². The normalized spacial score (nSPS) is 11.2. The maximum absolute atomic E-state index is 5.39. The van der Waals surface area contributed by atoms with Gasteiger partial charge in [0.1, 0.15) is 12.1 Å². The van der Waals surface area contributed by atoms with Gasteiger partial charge in [-0.3, -0.25) is 4.98 Å². The van der Waals surface area contributed by atoms with Crippen LogP contribution in [0.5, 0.6) is 0 Å². The number of hydrogen-bond donors (Lipinski definition) is 2. The molecule has 0 aliphatic heterocycles. The first-order chi connectivity index (χ1) is 11.8. The van der Waals surface area contributed by atoms with Gasteiger partial charge < -0.3 is 14.9 Å². The SMILES string of the molecule is CCn1c(=S)[nH]c2cc3c(NCc4ccccn4)ncnc3cc21. The number of fused-ring (bicyclic) bond motifs is 2. The number of rotatable bonds is 4. The number of aryl methyl sites for hydroxylation is 1. The van der Waals surface area contributed by atoms with Crippen molar-refractivity contribution in [3.63, 3.8) is 0 Å². The Bertz CT molecular complexity index is 1070. The third-order valence-corrected chi connectivity index (χ3v) is 4.33. The molecule has 0 aliphatic rings. The van der Waals surface area contributed by atoms with Crippen LogP contribution in [0.3, 0.4) is 0 Å². The summed E-state index contributed by atoms with van der Waals surface area (Å²) < 4.78 is 2.78. The van der Waals surface area contributed by atoms with Crippen LogP contribution in [0.1, 0.15) is 12.6 Å². The van der Waals surface area contributed by atoms with Crippen LogP contribution in [-0.4, -0.2) is 24.5 Å². The Morgan fingerprint density at radius 1 is 1.21 bits per heavy atom. The zero-order valence-corrected chi connectivity index (χ0v) is 14.0. The monoisotopic (exact) mass is 336 g/mol. The third kappa shape index (κ3) is 2.52. The predicted molar refractivity (Wildman–Crippen MR) is 97.5 cm³/mol. The maximum Gasteiger partial charge on any atom is 0.178 e. The Balaban J connectivity index is 1.79. The molecule has 0 saturated carbocycles. The van der Waals surface area contributed by atoms with E-state index in [-0.39, 0.29) is 0 Å². The summed E-state index contributed by atoms with van der Waals surface area (Å²) in [6.45, 7) is 3.50. The first kappa shape index (κ1) is 14.8. The molecule has 0 bridgehead atoms. The molecule has 0 unspecified atom stereocenters. The van der Waals surface area contributed by atoms with Gasteiger partial charge in [-0.15, -0.1) is 0 Å². The van der Waals surface area contributed by atoms with Crippen molar-refractivity contribution in [1.82, 2.24) is 24.5 Å². The standard InChI is InChI=1S/C17H16N6S/c1-2-23-15-8-13-12(7-14(15)22-17(23)24)16(21-10-20-13)19-9-11-5-3-4-6-18-11/h3-8,10H,2,9H2,1H3,(H,22,24)(H,19,20,21). The Hall–Kier alpha value is -2.80. The smallest absolute Gasteiger partial charge is 0.178 e. The molecule has 0 saturated heterocycles. The molecule has 24 heavy (non-hydrogen) atoms. The number of hydrogen-bond acceptors (Lipinski definition) is 5. The summed E-state index contributed by atoms with van der Waals surface area (Å²) in [6, 6.07) is 9.95. The molecular formula is C17H16N6S. The van der Waals surface area contributed by atoms with Gasteiger partial charge in [-0.05, 0) is 43.4 Å². The van der Waals surface area contributed by atoms with E-state index in [1.54, 1.807) is 12.5 Å². The summed E-state index contributed by atoms with van der Waals surface area (Å²) in [5, 5.41) is 4.30. The van der Waals surface area contributed by atoms with Crippen molar-refractivity contribution in [3.05, 3.63) is 53.3 Å². The van der Waals surface area contributed by atoms with Gasteiger partial charge in [-0.2, -0.15) is 0 Å². The highest BCUT2D eigenvalue weighted by molar-refractivity contribution is 7.71. The Morgan fingerprint density at radius 2 is 2.12 bits per heavy atom. The predicted octanol–water partition coefficient (Wildman–Crippen LogP) is 3.67. The van der Waals surface area contributed by atoms with Crippen LogP contribution < -0.4 is 5.32 Å². The van der Waals surface area contributed by atoms with Crippen LogP contribution in [0.2, 0.25) is 0 Å². The quantitative estimate of drug-likeness (QED) is 0.556. The number of H-pyrrole nitrogens is 1. The lowest BCUT2D eigenvalue weighted by Crippen LogP contribution is -2.04. The second-order valence-electron chi connectivity index (χ2n) is 5.46. The topological polar surface area (TPSA) is 71.4 Å². The van der Waals surface area contributed by atoms with Crippen LogP contribution >= 0.6 is 12.2 Å². The highest BCUT2D eigenvalue weighted by atomic mass is 32.1. The third-order valence-electron chi connectivity index (χ3n) is 4.01. The van der Waals surface area contributed by atoms with Gasteiger partial charge in [-0.1, -0.05) is 6.07 Å². The summed E-state index contributed by atoms with van der Waals surface area (Å²) in [4.78, 5) is 16.4. The molecule has 1 aromatic carbocycles. The number of nitrogens with one attached hydrogen (secondary N) is 2. The number of nitrogens with zero attached hydrogens (tertiary/aromatic N) is 4. The molecule has 7 heteroatoms. The van der Waals surface area contributed by atoms with E-state index in [0.29, 0.717) is 6.54 Å². The lowest BCUT2D eigenvalue weighted by Gasteiger charge is -2.08. The first-order valence-corrected chi connectivity index (χ1v) is 8.18. The molecular weight excluding hydrogens is 320 g/mol. The Morgan fingerprint density at radius 3 is 2.92 bits per heavy atom. The summed E-state index contributed by atoms with van der Waals surface area (Å²) in [6.07, 6.45) is 3.36. The summed E-state index contributed by atoms with van der Waals surface area (Å²) in [5.74, 6) is 0.788. The molecule has 0 amide bonds. The molecule has 4 rings (SSSR count). The average molecular weight is 336 g/mol. The number of imidazole rings is 1. The number of aromatic nitrogens is 5. The molecule has 0 fully saturated rings. The largest absolute Gasteiger partial charge is 0.364 e. The first-order valence-electron chi connectivity index (χ1n) is 7.77. The second-order valence-corrected chi connectivity index (χ2v) is 5.84. The van der Waals surface area contributed by atoms with Crippen molar-refractivity contribution in [3.8, 4) is 0 Å². The Labute approximate surface area is 143 Å². The van der Waals surface area contributed by atoms with E-state index in [1.165, 1.54) is 0 Å². The van der Waals surface area contributed by atoms with Crippen molar-refractivity contribution in [1.29, 1.82) is 0 Å². The molecule has 3 heterocycles. The summed E-state index contributed by atoms with van der Waals surface area (Å²) >= 11 is 5.39. The van der Waals surface area contributed by atoms with Crippen LogP contribution in [0.25, 0.3) is 21.9 Å². The molecule has 2 N–H and O–H groups in total. The fraction of sp³-hybridized carbons (Fsp3) is 0.176. The van der Waals surface area contributed by atoms with E-state index >= 15 is 0 Å². The van der Waals surface area contributed by atoms with Crippen LogP contribution in [-0.2, 0) is 13.1 Å². The zero-order chi connectivity index (χ0) is 16.5. The molecule has 0 spiro atoms. The van der Waals surface area contributed by atoms with E-state index in [4.69, 9.17) is 12.2 Å². The fourth-order valence-electron chi connectivity index (χ4n) is 2.84. The molecule has 0 radical (unpaired) electrons. The summed E-state index contributed by atoms with van der Waals surface area (Å²) in [7, 11) is 0. The molecule has 120 valence electrons. The van der Waals surface area contributed by atoms with Crippen molar-refractivity contribution < 1.29 is 0 Å². The molecule has 0 aliphatic carbocycles. The second kappa shape index (κ2) is 6.01. The van der Waals surface area contributed by atoms with Gasteiger partial charge in [0.15, 0.2) is 4.77 Å². The number of benzene rings is 1. The zero-order valence-electron chi connectivity index (χ0n) is 13.2. The van der Waals surface area contributed by atoms with Crippen molar-refractivity contribution in [2.24, 2.45) is 0 Å². The van der Waals surface area contributed by atoms with Gasteiger partial charge in [0.2, 0.25) is 0 Å². The van der Waals surface area contributed by atoms with Crippen LogP contribution in [0.15, 0.2) is 42.9 Å². The van der Waals surface area contributed by atoms with Crippen molar-refractivity contribution in [2.45, 2.75) is 20.0 Å². The maximum atomic E-state index is 5.39. The van der Waals surface area contributed by atoms with Gasteiger partial charge in [0.05, 0.1) is 28.8 Å². The minimum atomic E-state index is 0.608. The number of anilines is 1. The van der Waals surface area contributed by atoms with Crippen LogP contribution in [0, 0.1) is 4.77 Å². The molecule has 0 atom stereocenters. The van der Waals surface area contributed by atoms with Gasteiger partial charge in [-0.25, -0.2) is 9.97 Å². The van der Waals surface area contributed by atoms with Gasteiger partial charge in [0.25, 0.3) is 0 Å². The molecule has 3 aromatic heterocycles. The lowest BCUT2D eigenvalue weighted by molar-refractivity contribution is 0.774. The van der Waals surface area contributed by atoms with Gasteiger partial charge >= 0.3 is 0 Å². The Kier molecular flexibility index (Phi) is 3.70. The molecule has 6 nitrogen and oxygen atoms in total. The fourth-order valence-corrected chi connectivity index (χ4v) is 3.18. The van der Waals surface area contributed by atoms with E-state index < -0.39 is 0 Å². The number of pyridine rings is 1.